The van der Waals surface area contributed by atoms with Gasteiger partial charge in [-0.15, -0.1) is 0 Å². The van der Waals surface area contributed by atoms with Gasteiger partial charge in [-0.25, -0.2) is 9.59 Å². The molecular weight excluding hydrogens is 903 g/mol. The van der Waals surface area contributed by atoms with E-state index in [0.29, 0.717) is 24.0 Å². The van der Waals surface area contributed by atoms with Crippen LogP contribution in [-0.4, -0.2) is 131 Å². The molecule has 1 saturated carbocycles. The standard InChI is InChI=1S/C53H61N3O14/c1-50(2,3)67-40(59)23-21-36(29-57)54-46(60)37(24-32-12-8-7-9-13-32)55(6)49(63)53-27-38-41-42(69-52(68-41)25-34-14-10-11-15-35(34)26-52)44(53)70-56(43(53)47(61)65-38)28-33-18-16-31(17-19-33)20-22-39(58)66-45-48(62)64-30-51(45,4)5/h7-20,22,36-38,41-45,57H,21,23-30H2,1-6H3,(H,54,60). The van der Waals surface area contributed by atoms with E-state index in [4.69, 9.17) is 33.3 Å². The summed E-state index contributed by atoms with van der Waals surface area (Å²) >= 11 is 0. The number of carbonyl (C=O) groups excluding carboxylic acids is 6. The van der Waals surface area contributed by atoms with Crippen molar-refractivity contribution in [2.45, 2.75) is 140 Å². The summed E-state index contributed by atoms with van der Waals surface area (Å²) in [4.78, 5) is 90.8. The molecule has 17 nitrogen and oxygen atoms in total. The Bertz CT molecular complexity index is 2520. The molecule has 3 aromatic rings. The molecule has 0 radical (unpaired) electrons. The van der Waals surface area contributed by atoms with Crippen LogP contribution in [-0.2, 0) is 87.8 Å². The summed E-state index contributed by atoms with van der Waals surface area (Å²) in [6.07, 6.45) is -0.769. The first-order chi connectivity index (χ1) is 33.3. The number of amides is 2. The maximum Gasteiger partial charge on any atom is 0.348 e. The van der Waals surface area contributed by atoms with Crippen LogP contribution in [0, 0.1) is 10.8 Å². The summed E-state index contributed by atoms with van der Waals surface area (Å²) in [5.74, 6) is -4.63. The number of benzene rings is 3. The Kier molecular flexibility index (Phi) is 13.3. The summed E-state index contributed by atoms with van der Waals surface area (Å²) in [6, 6.07) is 21.1. The monoisotopic (exact) mass is 963 g/mol. The van der Waals surface area contributed by atoms with E-state index < -0.39 is 113 Å². The zero-order valence-corrected chi connectivity index (χ0v) is 40.3. The number of hydrogen-bond acceptors (Lipinski definition) is 15. The van der Waals surface area contributed by atoms with Crippen LogP contribution in [0.15, 0.2) is 84.9 Å². The molecular formula is C53H61N3O14. The van der Waals surface area contributed by atoms with Crippen molar-refractivity contribution in [2.24, 2.45) is 10.8 Å². The quantitative estimate of drug-likeness (QED) is 0.126. The van der Waals surface area contributed by atoms with Crippen LogP contribution in [0.3, 0.4) is 0 Å². The Morgan fingerprint density at radius 3 is 2.23 bits per heavy atom. The maximum atomic E-state index is 15.8. The van der Waals surface area contributed by atoms with Gasteiger partial charge in [-0.2, -0.15) is 5.06 Å². The van der Waals surface area contributed by atoms with Crippen LogP contribution in [0.5, 0.6) is 0 Å². The molecule has 4 heterocycles. The molecule has 5 fully saturated rings. The molecule has 9 unspecified atom stereocenters. The molecule has 2 aliphatic carbocycles. The van der Waals surface area contributed by atoms with E-state index in [0.717, 1.165) is 16.7 Å². The molecule has 17 heteroatoms. The number of likely N-dealkylation sites (N-methyl/N-ethyl adjacent to an activating group) is 1. The Morgan fingerprint density at radius 2 is 1.59 bits per heavy atom. The SMILES string of the molecule is CN(C(=O)C12CC3OC(=O)C1N(Cc1ccc(C=CC(=O)OC4C(=O)OCC4(C)C)cc1)OC2C1OC2(Cc4ccccc4C2)OC31)C(Cc1ccccc1)C(=O)NC(CO)CCC(=O)OC(C)(C)C. The molecule has 9 rings (SSSR count). The average molecular weight is 964 g/mol. The van der Waals surface area contributed by atoms with Crippen LogP contribution in [0.25, 0.3) is 6.08 Å². The molecule has 6 aliphatic rings. The molecule has 4 aliphatic heterocycles. The topological polar surface area (TPSA) is 206 Å². The number of nitrogens with zero attached hydrogens (tertiary/aromatic N) is 2. The van der Waals surface area contributed by atoms with Gasteiger partial charge in [-0.1, -0.05) is 92.7 Å². The fourth-order valence-electron chi connectivity index (χ4n) is 10.8. The molecule has 2 N–H and O–H groups in total. The van der Waals surface area contributed by atoms with Gasteiger partial charge in [0.15, 0.2) is 11.8 Å². The van der Waals surface area contributed by atoms with Gasteiger partial charge in [0.1, 0.15) is 48.1 Å². The van der Waals surface area contributed by atoms with Gasteiger partial charge in [-0.3, -0.25) is 24.0 Å². The van der Waals surface area contributed by atoms with Gasteiger partial charge in [-0.05, 0) is 61.1 Å². The number of hydrogen-bond donors (Lipinski definition) is 2. The number of hydroxylamine groups is 2. The predicted octanol–water partition coefficient (Wildman–Crippen LogP) is 3.94. The number of fused-ring (bicyclic) bond motifs is 5. The normalized spacial score (nSPS) is 27.8. The van der Waals surface area contributed by atoms with E-state index in [1.807, 2.05) is 54.6 Å². The van der Waals surface area contributed by atoms with Gasteiger partial charge in [0, 0.05) is 50.6 Å². The Balaban J connectivity index is 1.00. The van der Waals surface area contributed by atoms with Gasteiger partial charge in [0.25, 0.3) is 0 Å². The van der Waals surface area contributed by atoms with Crippen molar-refractivity contribution in [3.63, 3.8) is 0 Å². The Labute approximate surface area is 406 Å². The van der Waals surface area contributed by atoms with Crippen LogP contribution in [0.4, 0.5) is 0 Å². The first-order valence-electron chi connectivity index (χ1n) is 23.9. The Hall–Kier alpha value is -5.98. The first-order valence-corrected chi connectivity index (χ1v) is 23.9. The van der Waals surface area contributed by atoms with Crippen molar-refractivity contribution < 1.29 is 67.1 Å². The number of esters is 4. The predicted molar refractivity (Wildman–Crippen MR) is 248 cm³/mol. The van der Waals surface area contributed by atoms with E-state index in [1.54, 1.807) is 65.0 Å². The molecule has 0 aromatic heterocycles. The van der Waals surface area contributed by atoms with Gasteiger partial charge in [0.2, 0.25) is 17.9 Å². The number of ether oxygens (including phenoxy) is 6. The molecule has 372 valence electrons. The van der Waals surface area contributed by atoms with E-state index in [1.165, 1.54) is 23.1 Å². The third kappa shape index (κ3) is 9.61. The number of nitrogens with one attached hydrogen (secondary N) is 1. The molecule has 2 bridgehead atoms. The largest absolute Gasteiger partial charge is 0.462 e. The molecule has 3 aromatic carbocycles. The molecule has 2 amide bonds. The number of cyclic esters (lactones) is 1. The molecule has 70 heavy (non-hydrogen) atoms. The summed E-state index contributed by atoms with van der Waals surface area (Å²) in [6.45, 7) is 8.55. The van der Waals surface area contributed by atoms with Crippen molar-refractivity contribution in [3.05, 3.63) is 113 Å². The minimum atomic E-state index is -1.62. The van der Waals surface area contributed by atoms with Crippen molar-refractivity contribution in [2.75, 3.05) is 20.3 Å². The highest BCUT2D eigenvalue weighted by Gasteiger charge is 2.77. The number of aliphatic hydroxyl groups is 1. The minimum Gasteiger partial charge on any atom is -0.462 e. The lowest BCUT2D eigenvalue weighted by atomic mass is 9.62. The fraction of sp³-hybridized carbons (Fsp3) is 0.509. The third-order valence-corrected chi connectivity index (χ3v) is 14.2. The lowest BCUT2D eigenvalue weighted by Gasteiger charge is -2.50. The van der Waals surface area contributed by atoms with E-state index in [-0.39, 0.29) is 38.8 Å². The van der Waals surface area contributed by atoms with E-state index in [9.17, 15) is 29.1 Å². The van der Waals surface area contributed by atoms with Crippen LogP contribution >= 0.6 is 0 Å². The van der Waals surface area contributed by atoms with Crippen molar-refractivity contribution >= 4 is 41.8 Å². The van der Waals surface area contributed by atoms with Crippen molar-refractivity contribution in [1.82, 2.24) is 15.3 Å². The van der Waals surface area contributed by atoms with Gasteiger partial charge in [0.05, 0.1) is 19.2 Å². The fourth-order valence-corrected chi connectivity index (χ4v) is 10.8. The van der Waals surface area contributed by atoms with Crippen molar-refractivity contribution in [1.29, 1.82) is 0 Å². The van der Waals surface area contributed by atoms with Crippen LogP contribution in [0.1, 0.15) is 81.7 Å². The highest BCUT2D eigenvalue weighted by atomic mass is 16.8. The van der Waals surface area contributed by atoms with Gasteiger partial charge >= 0.3 is 23.9 Å². The maximum absolute atomic E-state index is 15.8. The molecule has 9 atom stereocenters. The number of carbonyl (C=O) groups is 6. The average Bonchev–Trinajstić information content (AvgIpc) is 4.06. The van der Waals surface area contributed by atoms with Crippen molar-refractivity contribution in [3.8, 4) is 0 Å². The minimum absolute atomic E-state index is 0.0196. The third-order valence-electron chi connectivity index (χ3n) is 14.2. The highest BCUT2D eigenvalue weighted by Crippen LogP contribution is 2.59. The summed E-state index contributed by atoms with van der Waals surface area (Å²) in [7, 11) is 1.53. The lowest BCUT2D eigenvalue weighted by molar-refractivity contribution is -0.218. The summed E-state index contributed by atoms with van der Waals surface area (Å²) in [5, 5.41) is 14.8. The zero-order valence-electron chi connectivity index (χ0n) is 40.3. The highest BCUT2D eigenvalue weighted by molar-refractivity contribution is 5.96. The second kappa shape index (κ2) is 19.0. The first kappa shape index (κ1) is 49.0. The van der Waals surface area contributed by atoms with E-state index >= 15 is 4.79 Å². The Morgan fingerprint density at radius 1 is 0.914 bits per heavy atom. The second-order valence-corrected chi connectivity index (χ2v) is 21.0. The summed E-state index contributed by atoms with van der Waals surface area (Å²) in [5.41, 5.74) is 1.25. The van der Waals surface area contributed by atoms with Gasteiger partial charge < -0.3 is 43.7 Å². The van der Waals surface area contributed by atoms with Crippen LogP contribution in [0.2, 0.25) is 0 Å². The van der Waals surface area contributed by atoms with Crippen LogP contribution < -0.4 is 5.32 Å². The summed E-state index contributed by atoms with van der Waals surface area (Å²) < 4.78 is 36.0. The molecule has 1 spiro atoms. The zero-order chi connectivity index (χ0) is 49.8. The smallest absolute Gasteiger partial charge is 0.348 e. The lowest BCUT2D eigenvalue weighted by Crippen LogP contribution is -2.70. The number of rotatable bonds is 15. The number of aliphatic hydroxyl groups excluding tert-OH is 1. The second-order valence-electron chi connectivity index (χ2n) is 21.0. The molecule has 4 saturated heterocycles. The van der Waals surface area contributed by atoms with E-state index in [2.05, 4.69) is 5.32 Å².